The molecule has 0 radical (unpaired) electrons. The first-order chi connectivity index (χ1) is 7.93. The summed E-state index contributed by atoms with van der Waals surface area (Å²) in [6.07, 6.45) is 0. The highest BCUT2D eigenvalue weighted by Gasteiger charge is 2.13. The largest absolute Gasteiger partial charge is 0.480 e. The number of carboxylic acid groups (broad SMARTS) is 1. The molecule has 0 saturated heterocycles. The van der Waals surface area contributed by atoms with Crippen LogP contribution in [0.4, 0.5) is 5.82 Å². The zero-order chi connectivity index (χ0) is 13.0. The molecule has 1 aromatic heterocycles. The summed E-state index contributed by atoms with van der Waals surface area (Å²) in [6.45, 7) is 5.97. The number of hydrogen-bond donors (Lipinski definition) is 2. The summed E-state index contributed by atoms with van der Waals surface area (Å²) in [5, 5.41) is 8.77. The third-order valence-electron chi connectivity index (χ3n) is 2.33. The maximum absolute atomic E-state index is 11.5. The summed E-state index contributed by atoms with van der Waals surface area (Å²) in [5.74, 6) is 0.116. The van der Waals surface area contributed by atoms with E-state index in [9.17, 15) is 9.59 Å². The van der Waals surface area contributed by atoms with Gasteiger partial charge in [0.15, 0.2) is 0 Å². The molecule has 2 N–H and O–H groups in total. The van der Waals surface area contributed by atoms with Crippen LogP contribution in [0.5, 0.6) is 0 Å². The molecule has 6 nitrogen and oxygen atoms in total. The predicted octanol–water partition coefficient (Wildman–Crippen LogP) is 0.804. The summed E-state index contributed by atoms with van der Waals surface area (Å²) < 4.78 is 0. The van der Waals surface area contributed by atoms with Crippen molar-refractivity contribution >= 4 is 11.8 Å². The summed E-state index contributed by atoms with van der Waals surface area (Å²) >= 11 is 0. The quantitative estimate of drug-likeness (QED) is 0.793. The number of aromatic amines is 1. The van der Waals surface area contributed by atoms with Crippen LogP contribution >= 0.6 is 0 Å². The molecule has 0 aliphatic heterocycles. The molecule has 6 heteroatoms. The second kappa shape index (κ2) is 5.47. The number of aliphatic carboxylic acids is 1. The van der Waals surface area contributed by atoms with E-state index in [0.717, 1.165) is 0 Å². The number of aromatic nitrogens is 2. The zero-order valence-corrected chi connectivity index (χ0v) is 10.2. The molecular weight excluding hydrogens is 222 g/mol. The van der Waals surface area contributed by atoms with Crippen molar-refractivity contribution in [2.45, 2.75) is 26.7 Å². The monoisotopic (exact) mass is 239 g/mol. The molecule has 0 amide bonds. The number of carboxylic acids is 1. The topological polar surface area (TPSA) is 86.3 Å². The SMILES string of the molecule is CCN(CC(=O)O)c1cc(=O)[nH]c(C(C)C)n1. The number of rotatable bonds is 5. The van der Waals surface area contributed by atoms with Gasteiger partial charge in [0.1, 0.15) is 18.2 Å². The lowest BCUT2D eigenvalue weighted by Crippen LogP contribution is -2.31. The lowest BCUT2D eigenvalue weighted by atomic mass is 10.2. The van der Waals surface area contributed by atoms with E-state index < -0.39 is 5.97 Å². The number of nitrogens with zero attached hydrogens (tertiary/aromatic N) is 2. The van der Waals surface area contributed by atoms with E-state index in [4.69, 9.17) is 5.11 Å². The Hall–Kier alpha value is -1.85. The van der Waals surface area contributed by atoms with Gasteiger partial charge in [0.05, 0.1) is 0 Å². The smallest absolute Gasteiger partial charge is 0.323 e. The Bertz CT molecular complexity index is 454. The van der Waals surface area contributed by atoms with Crippen molar-refractivity contribution in [3.63, 3.8) is 0 Å². The van der Waals surface area contributed by atoms with Gasteiger partial charge >= 0.3 is 5.97 Å². The van der Waals surface area contributed by atoms with Crippen LogP contribution < -0.4 is 10.5 Å². The van der Waals surface area contributed by atoms with E-state index >= 15 is 0 Å². The van der Waals surface area contributed by atoms with Gasteiger partial charge in [-0.25, -0.2) is 4.98 Å². The van der Waals surface area contributed by atoms with Gasteiger partial charge in [-0.3, -0.25) is 9.59 Å². The average Bonchev–Trinajstić information content (AvgIpc) is 2.24. The van der Waals surface area contributed by atoms with Crippen LogP contribution in [0.15, 0.2) is 10.9 Å². The molecule has 17 heavy (non-hydrogen) atoms. The van der Waals surface area contributed by atoms with Gasteiger partial charge in [-0.05, 0) is 6.92 Å². The molecule has 0 unspecified atom stereocenters. The maximum Gasteiger partial charge on any atom is 0.323 e. The fourth-order valence-electron chi connectivity index (χ4n) is 1.42. The number of likely N-dealkylation sites (N-methyl/N-ethyl adjacent to an activating group) is 1. The van der Waals surface area contributed by atoms with Crippen molar-refractivity contribution in [3.8, 4) is 0 Å². The van der Waals surface area contributed by atoms with Gasteiger partial charge in [0.25, 0.3) is 5.56 Å². The Kier molecular flexibility index (Phi) is 4.25. The van der Waals surface area contributed by atoms with E-state index in [1.807, 2.05) is 20.8 Å². The molecule has 0 atom stereocenters. The molecule has 0 bridgehead atoms. The van der Waals surface area contributed by atoms with Crippen LogP contribution in [-0.2, 0) is 4.79 Å². The van der Waals surface area contributed by atoms with Crippen molar-refractivity contribution < 1.29 is 9.90 Å². The van der Waals surface area contributed by atoms with Gasteiger partial charge < -0.3 is 15.0 Å². The molecular formula is C11H17N3O3. The molecule has 0 spiro atoms. The molecule has 0 aromatic carbocycles. The van der Waals surface area contributed by atoms with Gasteiger partial charge in [-0.2, -0.15) is 0 Å². The fraction of sp³-hybridized carbons (Fsp3) is 0.545. The molecule has 0 fully saturated rings. The first kappa shape index (κ1) is 13.2. The van der Waals surface area contributed by atoms with E-state index in [1.165, 1.54) is 6.07 Å². The van der Waals surface area contributed by atoms with Crippen molar-refractivity contribution in [1.29, 1.82) is 0 Å². The summed E-state index contributed by atoms with van der Waals surface area (Å²) in [7, 11) is 0. The number of nitrogens with one attached hydrogen (secondary N) is 1. The highest BCUT2D eigenvalue weighted by atomic mass is 16.4. The minimum absolute atomic E-state index is 0.0891. The number of H-pyrrole nitrogens is 1. The summed E-state index contributed by atoms with van der Waals surface area (Å²) in [5.41, 5.74) is -0.262. The normalized spacial score (nSPS) is 10.6. The third-order valence-corrected chi connectivity index (χ3v) is 2.33. The van der Waals surface area contributed by atoms with Crippen LogP contribution in [0, 0.1) is 0 Å². The molecule has 94 valence electrons. The summed E-state index contributed by atoms with van der Waals surface area (Å²) in [6, 6.07) is 1.32. The molecule has 1 aromatic rings. The third kappa shape index (κ3) is 3.58. The van der Waals surface area contributed by atoms with E-state index in [2.05, 4.69) is 9.97 Å². The Morgan fingerprint density at radius 2 is 2.24 bits per heavy atom. The lowest BCUT2D eigenvalue weighted by molar-refractivity contribution is -0.135. The average molecular weight is 239 g/mol. The minimum Gasteiger partial charge on any atom is -0.480 e. The van der Waals surface area contributed by atoms with Crippen molar-refractivity contribution in [2.24, 2.45) is 0 Å². The second-order valence-electron chi connectivity index (χ2n) is 4.05. The molecule has 0 aliphatic rings. The fourth-order valence-corrected chi connectivity index (χ4v) is 1.42. The second-order valence-corrected chi connectivity index (χ2v) is 4.05. The Balaban J connectivity index is 3.10. The van der Waals surface area contributed by atoms with E-state index in [1.54, 1.807) is 4.90 Å². The van der Waals surface area contributed by atoms with Gasteiger partial charge in [-0.1, -0.05) is 13.8 Å². The number of anilines is 1. The number of carbonyl (C=O) groups is 1. The van der Waals surface area contributed by atoms with Crippen LogP contribution in [0.3, 0.4) is 0 Å². The zero-order valence-electron chi connectivity index (χ0n) is 10.2. The molecule has 0 aliphatic carbocycles. The van der Waals surface area contributed by atoms with Gasteiger partial charge in [0, 0.05) is 18.5 Å². The summed E-state index contributed by atoms with van der Waals surface area (Å²) in [4.78, 5) is 30.6. The van der Waals surface area contributed by atoms with Gasteiger partial charge in [0.2, 0.25) is 0 Å². The standard InChI is InChI=1S/C11H17N3O3/c1-4-14(6-10(16)17)8-5-9(15)13-11(12-8)7(2)3/h5,7H,4,6H2,1-3H3,(H,16,17)(H,12,13,15). The van der Waals surface area contributed by atoms with E-state index in [-0.39, 0.29) is 18.0 Å². The molecule has 1 rings (SSSR count). The van der Waals surface area contributed by atoms with Crippen molar-refractivity contribution in [2.75, 3.05) is 18.0 Å². The Morgan fingerprint density at radius 1 is 1.59 bits per heavy atom. The highest BCUT2D eigenvalue weighted by molar-refractivity contribution is 5.73. The van der Waals surface area contributed by atoms with Crippen LogP contribution in [0.2, 0.25) is 0 Å². The van der Waals surface area contributed by atoms with Gasteiger partial charge in [-0.15, -0.1) is 0 Å². The lowest BCUT2D eigenvalue weighted by Gasteiger charge is -2.20. The van der Waals surface area contributed by atoms with Crippen molar-refractivity contribution in [3.05, 3.63) is 22.2 Å². The highest BCUT2D eigenvalue weighted by Crippen LogP contribution is 2.12. The first-order valence-electron chi connectivity index (χ1n) is 5.52. The molecule has 1 heterocycles. The Labute approximate surface area is 99.3 Å². The Morgan fingerprint density at radius 3 is 2.71 bits per heavy atom. The van der Waals surface area contributed by atoms with Crippen LogP contribution in [0.25, 0.3) is 0 Å². The molecule has 0 saturated carbocycles. The van der Waals surface area contributed by atoms with Crippen LogP contribution in [0.1, 0.15) is 32.5 Å². The predicted molar refractivity (Wildman–Crippen MR) is 64.5 cm³/mol. The maximum atomic E-state index is 11.5. The first-order valence-corrected chi connectivity index (χ1v) is 5.52. The van der Waals surface area contributed by atoms with Crippen LogP contribution in [-0.4, -0.2) is 34.1 Å². The van der Waals surface area contributed by atoms with E-state index in [0.29, 0.717) is 18.2 Å². The van der Waals surface area contributed by atoms with Crippen molar-refractivity contribution in [1.82, 2.24) is 9.97 Å². The number of hydrogen-bond acceptors (Lipinski definition) is 4. The minimum atomic E-state index is -0.944.